The van der Waals surface area contributed by atoms with Crippen LogP contribution < -0.4 is 4.74 Å². The van der Waals surface area contributed by atoms with Gasteiger partial charge in [0.1, 0.15) is 5.75 Å². The van der Waals surface area contributed by atoms with Crippen LogP contribution in [0.15, 0.2) is 30.3 Å². The van der Waals surface area contributed by atoms with E-state index in [1.165, 1.54) is 19.3 Å². The number of piperidine rings is 1. The summed E-state index contributed by atoms with van der Waals surface area (Å²) in [5.74, 6) is 1.14. The van der Waals surface area contributed by atoms with Crippen molar-refractivity contribution in [1.29, 1.82) is 0 Å². The van der Waals surface area contributed by atoms with E-state index in [9.17, 15) is 4.79 Å². The molecule has 1 heterocycles. The molecule has 1 amide bonds. The molecule has 2 aliphatic rings. The first-order valence-electron chi connectivity index (χ1n) is 9.22. The Bertz CT molecular complexity index is 533. The number of carbonyl (C=O) groups is 1. The maximum Gasteiger partial charge on any atom is 0.222 e. The number of nitrogens with zero attached hydrogens (tertiary/aromatic N) is 1. The summed E-state index contributed by atoms with van der Waals surface area (Å²) in [7, 11) is 1.82. The fourth-order valence-electron chi connectivity index (χ4n) is 4.40. The van der Waals surface area contributed by atoms with Crippen LogP contribution in [0, 0.1) is 5.41 Å². The van der Waals surface area contributed by atoms with E-state index in [-0.39, 0.29) is 11.3 Å². The molecule has 132 valence electrons. The van der Waals surface area contributed by atoms with Gasteiger partial charge in [-0.05, 0) is 44.2 Å². The smallest absolute Gasteiger partial charge is 0.222 e. The topological polar surface area (TPSA) is 38.8 Å². The number of para-hydroxylation sites is 1. The van der Waals surface area contributed by atoms with Crippen molar-refractivity contribution in [2.75, 3.05) is 26.8 Å². The number of methoxy groups -OCH3 is 1. The minimum absolute atomic E-state index is 0.212. The first kappa shape index (κ1) is 17.3. The van der Waals surface area contributed by atoms with E-state index in [0.29, 0.717) is 19.1 Å². The van der Waals surface area contributed by atoms with Gasteiger partial charge in [0.05, 0.1) is 12.7 Å². The van der Waals surface area contributed by atoms with Crippen LogP contribution in [0.5, 0.6) is 5.75 Å². The lowest BCUT2D eigenvalue weighted by Crippen LogP contribution is -2.49. The van der Waals surface area contributed by atoms with Gasteiger partial charge < -0.3 is 14.4 Å². The summed E-state index contributed by atoms with van der Waals surface area (Å²) in [4.78, 5) is 14.6. The van der Waals surface area contributed by atoms with Gasteiger partial charge in [0.2, 0.25) is 5.91 Å². The highest BCUT2D eigenvalue weighted by molar-refractivity contribution is 5.76. The second-order valence-electron chi connectivity index (χ2n) is 7.16. The van der Waals surface area contributed by atoms with Gasteiger partial charge >= 0.3 is 0 Å². The van der Waals surface area contributed by atoms with Gasteiger partial charge in [-0.25, -0.2) is 0 Å². The average Bonchev–Trinajstić information content (AvgIpc) is 3.01. The second kappa shape index (κ2) is 8.02. The molecule has 1 saturated heterocycles. The first-order chi connectivity index (χ1) is 11.7. The molecule has 2 fully saturated rings. The Morgan fingerprint density at radius 2 is 2.04 bits per heavy atom. The third-order valence-corrected chi connectivity index (χ3v) is 5.62. The van der Waals surface area contributed by atoms with Crippen LogP contribution in [0.3, 0.4) is 0 Å². The fraction of sp³-hybridized carbons (Fsp3) is 0.650. The van der Waals surface area contributed by atoms with Gasteiger partial charge in [-0.15, -0.1) is 0 Å². The van der Waals surface area contributed by atoms with Gasteiger partial charge in [-0.3, -0.25) is 4.79 Å². The minimum Gasteiger partial charge on any atom is -0.494 e. The molecule has 1 saturated carbocycles. The molecule has 0 bridgehead atoms. The second-order valence-corrected chi connectivity index (χ2v) is 7.16. The van der Waals surface area contributed by atoms with Crippen LogP contribution in [0.25, 0.3) is 0 Å². The van der Waals surface area contributed by atoms with E-state index in [1.54, 1.807) is 0 Å². The van der Waals surface area contributed by atoms with Crippen molar-refractivity contribution in [3.05, 3.63) is 30.3 Å². The number of amides is 1. The summed E-state index contributed by atoms with van der Waals surface area (Å²) in [5, 5.41) is 0. The van der Waals surface area contributed by atoms with Crippen molar-refractivity contribution in [1.82, 2.24) is 4.90 Å². The van der Waals surface area contributed by atoms with E-state index >= 15 is 0 Å². The van der Waals surface area contributed by atoms with E-state index in [4.69, 9.17) is 9.47 Å². The monoisotopic (exact) mass is 331 g/mol. The normalized spacial score (nSPS) is 26.7. The van der Waals surface area contributed by atoms with Gasteiger partial charge in [-0.2, -0.15) is 0 Å². The molecule has 1 aromatic rings. The zero-order chi connectivity index (χ0) is 16.8. The quantitative estimate of drug-likeness (QED) is 0.747. The van der Waals surface area contributed by atoms with Crippen molar-refractivity contribution in [2.45, 2.75) is 51.0 Å². The Labute approximate surface area is 145 Å². The Hall–Kier alpha value is -1.55. The van der Waals surface area contributed by atoms with E-state index in [2.05, 4.69) is 4.90 Å². The van der Waals surface area contributed by atoms with Crippen molar-refractivity contribution in [3.8, 4) is 5.75 Å². The third-order valence-electron chi connectivity index (χ3n) is 5.62. The van der Waals surface area contributed by atoms with Crippen molar-refractivity contribution in [3.63, 3.8) is 0 Å². The highest BCUT2D eigenvalue weighted by atomic mass is 16.5. The molecule has 1 aliphatic carbocycles. The molecule has 4 nitrogen and oxygen atoms in total. The number of hydrogen-bond acceptors (Lipinski definition) is 3. The summed E-state index contributed by atoms with van der Waals surface area (Å²) in [6.45, 7) is 2.37. The van der Waals surface area contributed by atoms with E-state index in [1.807, 2.05) is 37.4 Å². The molecule has 0 unspecified atom stereocenters. The standard InChI is InChI=1S/C20H29NO3/c1-23-18-10-5-12-20(18)13-7-14-21(16-20)19(22)11-6-15-24-17-8-3-2-4-9-17/h2-4,8-9,18H,5-7,10-16H2,1H3/t18-,20-/m1/s1. The van der Waals surface area contributed by atoms with E-state index < -0.39 is 0 Å². The lowest BCUT2D eigenvalue weighted by Gasteiger charge is -2.43. The van der Waals surface area contributed by atoms with Crippen molar-refractivity contribution in [2.24, 2.45) is 5.41 Å². The summed E-state index contributed by atoms with van der Waals surface area (Å²) in [5.41, 5.74) is 0.212. The van der Waals surface area contributed by atoms with Crippen LogP contribution in [-0.4, -0.2) is 43.7 Å². The maximum absolute atomic E-state index is 12.6. The molecule has 3 rings (SSSR count). The molecule has 0 aromatic heterocycles. The highest BCUT2D eigenvalue weighted by Gasteiger charge is 2.46. The van der Waals surface area contributed by atoms with Gasteiger partial charge in [0.25, 0.3) is 0 Å². The fourth-order valence-corrected chi connectivity index (χ4v) is 4.40. The SMILES string of the molecule is CO[C@@H]1CCC[C@]12CCCN(C(=O)CCCOc1ccccc1)C2. The number of benzene rings is 1. The number of hydrogen-bond donors (Lipinski definition) is 0. The predicted molar refractivity (Wildman–Crippen MR) is 94.1 cm³/mol. The average molecular weight is 331 g/mol. The van der Waals surface area contributed by atoms with Crippen molar-refractivity contribution >= 4 is 5.91 Å². The number of likely N-dealkylation sites (tertiary alicyclic amines) is 1. The maximum atomic E-state index is 12.6. The Kier molecular flexibility index (Phi) is 5.77. The van der Waals surface area contributed by atoms with Crippen LogP contribution in [0.2, 0.25) is 0 Å². The van der Waals surface area contributed by atoms with Crippen LogP contribution in [0.4, 0.5) is 0 Å². The Morgan fingerprint density at radius 3 is 2.83 bits per heavy atom. The number of ether oxygens (including phenoxy) is 2. The summed E-state index contributed by atoms with van der Waals surface area (Å²) in [6.07, 6.45) is 7.54. The largest absolute Gasteiger partial charge is 0.494 e. The molecular formula is C20H29NO3. The zero-order valence-electron chi connectivity index (χ0n) is 14.7. The number of carbonyl (C=O) groups excluding carboxylic acids is 1. The molecular weight excluding hydrogens is 302 g/mol. The van der Waals surface area contributed by atoms with Crippen LogP contribution in [-0.2, 0) is 9.53 Å². The molecule has 1 aliphatic heterocycles. The molecule has 4 heteroatoms. The van der Waals surface area contributed by atoms with Gasteiger partial charge in [0.15, 0.2) is 0 Å². The molecule has 0 N–H and O–H groups in total. The lowest BCUT2D eigenvalue weighted by atomic mass is 9.76. The molecule has 1 spiro atoms. The van der Waals surface area contributed by atoms with E-state index in [0.717, 1.165) is 38.1 Å². The Balaban J connectivity index is 1.45. The lowest BCUT2D eigenvalue weighted by molar-refractivity contribution is -0.137. The number of rotatable bonds is 6. The van der Waals surface area contributed by atoms with Crippen molar-refractivity contribution < 1.29 is 14.3 Å². The van der Waals surface area contributed by atoms with Crippen LogP contribution >= 0.6 is 0 Å². The van der Waals surface area contributed by atoms with Gasteiger partial charge in [-0.1, -0.05) is 24.6 Å². The summed E-state index contributed by atoms with van der Waals surface area (Å²) >= 11 is 0. The predicted octanol–water partition coefficient (Wildman–Crippen LogP) is 3.65. The highest BCUT2D eigenvalue weighted by Crippen LogP contribution is 2.46. The summed E-state index contributed by atoms with van der Waals surface area (Å²) < 4.78 is 11.4. The molecule has 0 radical (unpaired) electrons. The molecule has 1 aromatic carbocycles. The first-order valence-corrected chi connectivity index (χ1v) is 9.22. The van der Waals surface area contributed by atoms with Gasteiger partial charge in [0, 0.05) is 32.0 Å². The zero-order valence-corrected chi connectivity index (χ0v) is 14.7. The molecule has 2 atom stereocenters. The molecule has 24 heavy (non-hydrogen) atoms. The third kappa shape index (κ3) is 3.92. The minimum atomic E-state index is 0.212. The Morgan fingerprint density at radius 1 is 1.25 bits per heavy atom. The summed E-state index contributed by atoms with van der Waals surface area (Å²) in [6, 6.07) is 9.78. The van der Waals surface area contributed by atoms with Crippen LogP contribution in [0.1, 0.15) is 44.9 Å².